The van der Waals surface area contributed by atoms with E-state index in [0.29, 0.717) is 5.69 Å². The Hall–Kier alpha value is -4.45. The summed E-state index contributed by atoms with van der Waals surface area (Å²) >= 11 is 0. The Morgan fingerprint density at radius 3 is 1.85 bits per heavy atom. The predicted octanol–water partition coefficient (Wildman–Crippen LogP) is -4.69. The molecule has 0 bridgehead atoms. The Bertz CT molecular complexity index is 1020. The lowest BCUT2D eigenvalue weighted by Crippen LogP contribution is -2.58. The summed E-state index contributed by atoms with van der Waals surface area (Å²) in [6.07, 6.45) is 2.27. The van der Waals surface area contributed by atoms with Gasteiger partial charge in [0.1, 0.15) is 12.1 Å². The van der Waals surface area contributed by atoms with Crippen LogP contribution in [0.15, 0.2) is 22.5 Å². The van der Waals surface area contributed by atoms with E-state index in [-0.39, 0.29) is 57.1 Å². The highest BCUT2D eigenvalue weighted by atomic mass is 16.4. The third-order valence-electron chi connectivity index (χ3n) is 5.53. The van der Waals surface area contributed by atoms with E-state index in [4.69, 9.17) is 28.7 Å². The number of hydrogen-bond donors (Lipinski definition) is 11. The second-order valence-corrected chi connectivity index (χ2v) is 8.97. The van der Waals surface area contributed by atoms with Crippen LogP contribution in [0.1, 0.15) is 38.3 Å². The molecule has 5 atom stereocenters. The number of nitrogens with zero attached hydrogens (tertiary/aromatic N) is 3. The van der Waals surface area contributed by atoms with Crippen molar-refractivity contribution in [3.05, 3.63) is 18.2 Å². The molecule has 0 fully saturated rings. The van der Waals surface area contributed by atoms with E-state index in [2.05, 4.69) is 35.9 Å². The molecule has 18 heteroatoms. The summed E-state index contributed by atoms with van der Waals surface area (Å²) in [5.41, 5.74) is 27.9. The fourth-order valence-corrected chi connectivity index (χ4v) is 3.46. The molecule has 3 amide bonds. The van der Waals surface area contributed by atoms with E-state index >= 15 is 0 Å². The smallest absolute Gasteiger partial charge is 0.328 e. The summed E-state index contributed by atoms with van der Waals surface area (Å²) in [6.45, 7) is 1.49. The highest BCUT2D eigenvalue weighted by Crippen LogP contribution is 2.06. The fourth-order valence-electron chi connectivity index (χ4n) is 3.46. The number of carboxylic acid groups (broad SMARTS) is 1. The molecule has 5 unspecified atom stereocenters. The van der Waals surface area contributed by atoms with Crippen molar-refractivity contribution < 1.29 is 29.4 Å². The first-order valence-corrected chi connectivity index (χ1v) is 12.5. The van der Waals surface area contributed by atoms with E-state index in [1.807, 2.05) is 0 Å². The van der Waals surface area contributed by atoms with Gasteiger partial charge in [0.25, 0.3) is 0 Å². The molecule has 0 radical (unpaired) electrons. The first-order chi connectivity index (χ1) is 18.8. The third-order valence-corrected chi connectivity index (χ3v) is 5.53. The van der Waals surface area contributed by atoms with Crippen LogP contribution in [0.25, 0.3) is 0 Å². The number of nitrogens with one attached hydrogen (secondary N) is 4. The molecule has 0 spiro atoms. The van der Waals surface area contributed by atoms with Gasteiger partial charge in [0.05, 0.1) is 18.5 Å². The summed E-state index contributed by atoms with van der Waals surface area (Å²) in [4.78, 5) is 64.8. The number of amides is 3. The molecule has 1 aromatic rings. The zero-order valence-electron chi connectivity index (χ0n) is 22.2. The molecule has 18 nitrogen and oxygen atoms in total. The number of H-pyrrole nitrogens is 1. The maximum atomic E-state index is 13.3. The van der Waals surface area contributed by atoms with Crippen LogP contribution in [0.3, 0.4) is 0 Å². The van der Waals surface area contributed by atoms with E-state index in [1.54, 1.807) is 0 Å². The van der Waals surface area contributed by atoms with Gasteiger partial charge in [0.2, 0.25) is 17.7 Å². The van der Waals surface area contributed by atoms with Gasteiger partial charge in [-0.25, -0.2) is 9.78 Å². The number of aliphatic hydroxyl groups is 1. The molecule has 1 heterocycles. The number of aliphatic hydroxyl groups excluding tert-OH is 1. The predicted molar refractivity (Wildman–Crippen MR) is 145 cm³/mol. The number of carbonyl (C=O) groups is 4. The highest BCUT2D eigenvalue weighted by molar-refractivity contribution is 5.94. The summed E-state index contributed by atoms with van der Waals surface area (Å²) in [5.74, 6) is -4.02. The van der Waals surface area contributed by atoms with E-state index < -0.39 is 54.0 Å². The summed E-state index contributed by atoms with van der Waals surface area (Å²) in [5, 5.41) is 26.4. The SMILES string of the molecule is CC(O)C(NC(=O)C(CCCN=C(N)N)NC(=O)C(CCCN=C(N)N)NC(=O)C(N)Cc1cnc[nH]1)C(=O)O. The molecule has 0 saturated heterocycles. The number of carbonyl (C=O) groups excluding carboxylic acids is 3. The maximum Gasteiger partial charge on any atom is 0.328 e. The Balaban J connectivity index is 3.06. The first kappa shape index (κ1) is 33.6. The van der Waals surface area contributed by atoms with E-state index in [1.165, 1.54) is 19.4 Å². The zero-order chi connectivity index (χ0) is 30.2. The molecular formula is C22H40N12O6. The van der Waals surface area contributed by atoms with Crippen molar-refractivity contribution in [2.45, 2.75) is 69.3 Å². The molecule has 1 aromatic heterocycles. The molecule has 40 heavy (non-hydrogen) atoms. The number of imidazole rings is 1. The third kappa shape index (κ3) is 12.9. The van der Waals surface area contributed by atoms with Gasteiger partial charge in [0, 0.05) is 31.4 Å². The molecule has 0 aliphatic rings. The molecule has 0 aliphatic carbocycles. The second-order valence-electron chi connectivity index (χ2n) is 8.97. The maximum absolute atomic E-state index is 13.3. The van der Waals surface area contributed by atoms with Gasteiger partial charge < -0.3 is 59.8 Å². The number of carboxylic acids is 1. The second kappa shape index (κ2) is 17.2. The van der Waals surface area contributed by atoms with Crippen molar-refractivity contribution in [3.63, 3.8) is 0 Å². The lowest BCUT2D eigenvalue weighted by molar-refractivity contribution is -0.145. The molecule has 0 aliphatic heterocycles. The van der Waals surface area contributed by atoms with Gasteiger partial charge in [-0.05, 0) is 32.6 Å². The number of aliphatic imine (C=N–C) groups is 2. The van der Waals surface area contributed by atoms with Gasteiger partial charge in [-0.1, -0.05) is 0 Å². The van der Waals surface area contributed by atoms with Crippen LogP contribution in [0.4, 0.5) is 0 Å². The van der Waals surface area contributed by atoms with Gasteiger partial charge in [-0.2, -0.15) is 0 Å². The number of aromatic nitrogens is 2. The van der Waals surface area contributed by atoms with Crippen molar-refractivity contribution in [2.75, 3.05) is 13.1 Å². The fraction of sp³-hybridized carbons (Fsp3) is 0.591. The average Bonchev–Trinajstić information content (AvgIpc) is 3.38. The number of aromatic amines is 1. The average molecular weight is 569 g/mol. The van der Waals surface area contributed by atoms with Crippen molar-refractivity contribution in [2.24, 2.45) is 38.7 Å². The minimum absolute atomic E-state index is 0.00844. The highest BCUT2D eigenvalue weighted by Gasteiger charge is 2.31. The van der Waals surface area contributed by atoms with Crippen molar-refractivity contribution in [3.8, 4) is 0 Å². The topological polar surface area (TPSA) is 328 Å². The molecule has 0 aromatic carbocycles. The monoisotopic (exact) mass is 568 g/mol. The van der Waals surface area contributed by atoms with Crippen molar-refractivity contribution >= 4 is 35.6 Å². The van der Waals surface area contributed by atoms with E-state index in [0.717, 1.165) is 0 Å². The minimum atomic E-state index is -1.62. The number of nitrogens with two attached hydrogens (primary N) is 5. The largest absolute Gasteiger partial charge is 0.480 e. The van der Waals surface area contributed by atoms with Gasteiger partial charge in [-0.3, -0.25) is 24.4 Å². The van der Waals surface area contributed by atoms with Crippen LogP contribution in [0, 0.1) is 0 Å². The Labute approximate surface area is 230 Å². The van der Waals surface area contributed by atoms with Gasteiger partial charge >= 0.3 is 5.97 Å². The molecule has 1 rings (SSSR count). The van der Waals surface area contributed by atoms with Crippen LogP contribution in [-0.2, 0) is 25.6 Å². The molecule has 0 saturated carbocycles. The van der Waals surface area contributed by atoms with Gasteiger partial charge in [-0.15, -0.1) is 0 Å². The van der Waals surface area contributed by atoms with Crippen molar-refractivity contribution in [1.82, 2.24) is 25.9 Å². The van der Waals surface area contributed by atoms with Crippen LogP contribution in [-0.4, -0.2) is 99.2 Å². The first-order valence-electron chi connectivity index (χ1n) is 12.5. The lowest BCUT2D eigenvalue weighted by Gasteiger charge is -2.25. The molecular weight excluding hydrogens is 528 g/mol. The Kier molecular flexibility index (Phi) is 14.4. The Morgan fingerprint density at radius 2 is 1.43 bits per heavy atom. The summed E-state index contributed by atoms with van der Waals surface area (Å²) < 4.78 is 0. The number of rotatable bonds is 18. The van der Waals surface area contributed by atoms with Crippen LogP contribution in [0.5, 0.6) is 0 Å². The van der Waals surface area contributed by atoms with Crippen molar-refractivity contribution in [1.29, 1.82) is 0 Å². The Morgan fingerprint density at radius 1 is 0.925 bits per heavy atom. The van der Waals surface area contributed by atoms with Crippen LogP contribution >= 0.6 is 0 Å². The summed E-state index contributed by atoms with van der Waals surface area (Å²) in [7, 11) is 0. The van der Waals surface area contributed by atoms with Crippen LogP contribution < -0.4 is 44.6 Å². The lowest BCUT2D eigenvalue weighted by atomic mass is 10.1. The quantitative estimate of drug-likeness (QED) is 0.0452. The van der Waals surface area contributed by atoms with Crippen LogP contribution in [0.2, 0.25) is 0 Å². The van der Waals surface area contributed by atoms with Gasteiger partial charge in [0.15, 0.2) is 18.0 Å². The molecule has 224 valence electrons. The summed E-state index contributed by atoms with van der Waals surface area (Å²) in [6, 6.07) is -5.04. The standard InChI is InChI=1S/C22H40N12O6/c1-11(35)16(20(39)40)34-19(38)15(5-3-7-30-22(26)27)33-18(37)14(4-2-6-29-21(24)25)32-17(36)13(23)8-12-9-28-10-31-12/h9-11,13-16,35H,2-8,23H2,1H3,(H,28,31)(H,32,36)(H,33,37)(H,34,38)(H,39,40)(H4,24,25,29)(H4,26,27,30). The minimum Gasteiger partial charge on any atom is -0.480 e. The number of hydrogen-bond acceptors (Lipinski definition) is 9. The zero-order valence-corrected chi connectivity index (χ0v) is 22.2. The molecule has 16 N–H and O–H groups in total. The van der Waals surface area contributed by atoms with E-state index in [9.17, 15) is 29.4 Å². The number of guanidine groups is 2. The normalized spacial score (nSPS) is 14.5. The number of aliphatic carboxylic acids is 1.